The number of carbonyl (C=O) groups excluding carboxylic acids is 1. The summed E-state index contributed by atoms with van der Waals surface area (Å²) < 4.78 is 0. The fourth-order valence-corrected chi connectivity index (χ4v) is 2.34. The van der Waals surface area contributed by atoms with Crippen molar-refractivity contribution in [3.8, 4) is 0 Å². The van der Waals surface area contributed by atoms with Crippen LogP contribution in [0.3, 0.4) is 0 Å². The Morgan fingerprint density at radius 1 is 1.35 bits per heavy atom. The van der Waals surface area contributed by atoms with Crippen LogP contribution in [-0.4, -0.2) is 44.5 Å². The summed E-state index contributed by atoms with van der Waals surface area (Å²) in [5.74, 6) is 0.234. The number of halogens is 2. The second-order valence-corrected chi connectivity index (χ2v) is 4.52. The average Bonchev–Trinajstić information content (AvgIpc) is 2.74. The van der Waals surface area contributed by atoms with E-state index in [0.29, 0.717) is 6.54 Å². The van der Waals surface area contributed by atoms with Crippen molar-refractivity contribution in [3.63, 3.8) is 0 Å². The summed E-state index contributed by atoms with van der Waals surface area (Å²) in [6.45, 7) is 2.09. The molecule has 0 aromatic rings. The van der Waals surface area contributed by atoms with Gasteiger partial charge >= 0.3 is 0 Å². The molecule has 1 aliphatic carbocycles. The van der Waals surface area contributed by atoms with Crippen molar-refractivity contribution in [2.75, 3.05) is 33.7 Å². The number of rotatable bonds is 5. The molecular formula is C11H25Cl2N3O. The van der Waals surface area contributed by atoms with Crippen molar-refractivity contribution < 1.29 is 4.79 Å². The minimum Gasteiger partial charge on any atom is -0.344 e. The quantitative estimate of drug-likeness (QED) is 0.793. The molecule has 0 aromatic heterocycles. The maximum Gasteiger partial charge on any atom is 0.229 e. The number of hydrogen-bond donors (Lipinski definition) is 2. The van der Waals surface area contributed by atoms with Crippen LogP contribution < -0.4 is 11.1 Å². The Morgan fingerprint density at radius 2 is 1.88 bits per heavy atom. The monoisotopic (exact) mass is 285 g/mol. The fourth-order valence-electron chi connectivity index (χ4n) is 2.34. The van der Waals surface area contributed by atoms with Gasteiger partial charge in [0.1, 0.15) is 0 Å². The van der Waals surface area contributed by atoms with E-state index in [1.54, 1.807) is 0 Å². The number of nitrogens with zero attached hydrogens (tertiary/aromatic N) is 1. The summed E-state index contributed by atoms with van der Waals surface area (Å²) in [5.41, 5.74) is 5.53. The van der Waals surface area contributed by atoms with Gasteiger partial charge in [0.05, 0.1) is 5.41 Å². The molecule has 0 heterocycles. The van der Waals surface area contributed by atoms with E-state index in [0.717, 1.165) is 38.8 Å². The highest BCUT2D eigenvalue weighted by Gasteiger charge is 2.41. The molecule has 1 aliphatic rings. The van der Waals surface area contributed by atoms with Crippen LogP contribution in [0.2, 0.25) is 0 Å². The third-order valence-corrected chi connectivity index (χ3v) is 3.45. The Hall–Kier alpha value is -0.0300. The van der Waals surface area contributed by atoms with Gasteiger partial charge in [-0.2, -0.15) is 0 Å². The normalized spacial score (nSPS) is 16.9. The molecule has 0 aliphatic heterocycles. The minimum atomic E-state index is -0.248. The van der Waals surface area contributed by atoms with Crippen LogP contribution in [-0.2, 0) is 4.79 Å². The van der Waals surface area contributed by atoms with Gasteiger partial charge < -0.3 is 16.0 Å². The van der Waals surface area contributed by atoms with Gasteiger partial charge in [0.15, 0.2) is 0 Å². The zero-order valence-corrected chi connectivity index (χ0v) is 12.3. The molecule has 0 unspecified atom stereocenters. The molecule has 0 aromatic carbocycles. The minimum absolute atomic E-state index is 0. The second kappa shape index (κ2) is 8.97. The van der Waals surface area contributed by atoms with Gasteiger partial charge in [0.25, 0.3) is 0 Å². The summed E-state index contributed by atoms with van der Waals surface area (Å²) in [5, 5.41) is 3.05. The van der Waals surface area contributed by atoms with Crippen molar-refractivity contribution in [2.45, 2.75) is 25.7 Å². The zero-order valence-electron chi connectivity index (χ0n) is 10.7. The van der Waals surface area contributed by atoms with Crippen molar-refractivity contribution in [3.05, 3.63) is 0 Å². The van der Waals surface area contributed by atoms with Crippen molar-refractivity contribution >= 4 is 30.7 Å². The molecule has 4 nitrogen and oxygen atoms in total. The van der Waals surface area contributed by atoms with Gasteiger partial charge in [-0.25, -0.2) is 0 Å². The highest BCUT2D eigenvalue weighted by Crippen LogP contribution is 2.38. The SMILES string of the molecule is CNCCN(C)C(=O)C1(CN)CCCC1.Cl.Cl. The third kappa shape index (κ3) is 4.62. The summed E-state index contributed by atoms with van der Waals surface area (Å²) >= 11 is 0. The van der Waals surface area contributed by atoms with E-state index in [1.165, 1.54) is 0 Å². The van der Waals surface area contributed by atoms with E-state index in [9.17, 15) is 4.79 Å². The van der Waals surface area contributed by atoms with Crippen molar-refractivity contribution in [2.24, 2.45) is 11.1 Å². The first-order valence-electron chi connectivity index (χ1n) is 5.76. The van der Waals surface area contributed by atoms with Crippen LogP contribution in [0.15, 0.2) is 0 Å². The molecule has 0 atom stereocenters. The molecule has 3 N–H and O–H groups in total. The first-order valence-corrected chi connectivity index (χ1v) is 5.76. The Balaban J connectivity index is 0. The summed E-state index contributed by atoms with van der Waals surface area (Å²) in [6, 6.07) is 0. The van der Waals surface area contributed by atoms with E-state index in [2.05, 4.69) is 5.32 Å². The maximum absolute atomic E-state index is 12.2. The average molecular weight is 286 g/mol. The number of amides is 1. The topological polar surface area (TPSA) is 58.4 Å². The number of nitrogens with one attached hydrogen (secondary N) is 1. The van der Waals surface area contributed by atoms with Crippen LogP contribution in [0.25, 0.3) is 0 Å². The lowest BCUT2D eigenvalue weighted by Gasteiger charge is -2.31. The zero-order chi connectivity index (χ0) is 11.3. The molecule has 1 saturated carbocycles. The Kier molecular flexibility index (Phi) is 10.2. The predicted octanol–water partition coefficient (Wildman–Crippen LogP) is 1.03. The van der Waals surface area contributed by atoms with Crippen LogP contribution >= 0.6 is 24.8 Å². The molecule has 6 heteroatoms. The number of carbonyl (C=O) groups is 1. The second-order valence-electron chi connectivity index (χ2n) is 4.52. The van der Waals surface area contributed by atoms with E-state index < -0.39 is 0 Å². The standard InChI is InChI=1S/C11H23N3O.2ClH/c1-13-7-8-14(2)10(15)11(9-12)5-3-4-6-11;;/h13H,3-9,12H2,1-2H3;2*1H. The smallest absolute Gasteiger partial charge is 0.229 e. The third-order valence-electron chi connectivity index (χ3n) is 3.45. The first-order chi connectivity index (χ1) is 7.16. The lowest BCUT2D eigenvalue weighted by atomic mass is 9.85. The van der Waals surface area contributed by atoms with Crippen LogP contribution in [0.4, 0.5) is 0 Å². The maximum atomic E-state index is 12.2. The number of likely N-dealkylation sites (N-methyl/N-ethyl adjacent to an activating group) is 2. The first kappa shape index (κ1) is 19.3. The predicted molar refractivity (Wildman–Crippen MR) is 76.0 cm³/mol. The van der Waals surface area contributed by atoms with Gasteiger partial charge in [-0.05, 0) is 19.9 Å². The lowest BCUT2D eigenvalue weighted by Crippen LogP contribution is -2.46. The van der Waals surface area contributed by atoms with E-state index >= 15 is 0 Å². The van der Waals surface area contributed by atoms with Gasteiger partial charge in [0, 0.05) is 26.7 Å². The van der Waals surface area contributed by atoms with Crippen molar-refractivity contribution in [1.82, 2.24) is 10.2 Å². The van der Waals surface area contributed by atoms with Gasteiger partial charge in [-0.3, -0.25) is 4.79 Å². The Labute approximate surface area is 117 Å². The lowest BCUT2D eigenvalue weighted by molar-refractivity contribution is -0.139. The molecule has 1 rings (SSSR count). The summed E-state index contributed by atoms with van der Waals surface area (Å²) in [6.07, 6.45) is 4.21. The fraction of sp³-hybridized carbons (Fsp3) is 0.909. The van der Waals surface area contributed by atoms with Gasteiger partial charge in [0.2, 0.25) is 5.91 Å². The molecule has 0 bridgehead atoms. The summed E-state index contributed by atoms with van der Waals surface area (Å²) in [7, 11) is 3.77. The number of hydrogen-bond acceptors (Lipinski definition) is 3. The van der Waals surface area contributed by atoms with Gasteiger partial charge in [-0.1, -0.05) is 12.8 Å². The van der Waals surface area contributed by atoms with Gasteiger partial charge in [-0.15, -0.1) is 24.8 Å². The summed E-state index contributed by atoms with van der Waals surface area (Å²) in [4.78, 5) is 14.0. The van der Waals surface area contributed by atoms with E-state index in [-0.39, 0.29) is 36.1 Å². The molecule has 104 valence electrons. The van der Waals surface area contributed by atoms with E-state index in [1.807, 2.05) is 19.0 Å². The van der Waals surface area contributed by atoms with Crippen LogP contribution in [0.1, 0.15) is 25.7 Å². The molecule has 0 saturated heterocycles. The molecule has 1 fully saturated rings. The molecule has 1 amide bonds. The molecule has 17 heavy (non-hydrogen) atoms. The Morgan fingerprint density at radius 3 is 2.29 bits per heavy atom. The highest BCUT2D eigenvalue weighted by molar-refractivity contribution is 5.85. The number of nitrogens with two attached hydrogens (primary N) is 1. The van der Waals surface area contributed by atoms with E-state index in [4.69, 9.17) is 5.73 Å². The van der Waals surface area contributed by atoms with Crippen LogP contribution in [0.5, 0.6) is 0 Å². The molecule has 0 radical (unpaired) electrons. The Bertz CT molecular complexity index is 221. The largest absolute Gasteiger partial charge is 0.344 e. The molecular weight excluding hydrogens is 261 g/mol. The van der Waals surface area contributed by atoms with Crippen LogP contribution in [0, 0.1) is 5.41 Å². The highest BCUT2D eigenvalue weighted by atomic mass is 35.5. The van der Waals surface area contributed by atoms with Crippen molar-refractivity contribution in [1.29, 1.82) is 0 Å². The molecule has 0 spiro atoms.